The molecular weight excluding hydrogens is 518 g/mol. The van der Waals surface area contributed by atoms with Crippen LogP contribution in [0, 0.1) is 28.6 Å². The molecule has 1 amide bonds. The van der Waals surface area contributed by atoms with Gasteiger partial charge in [-0.1, -0.05) is 57.6 Å². The Balaban J connectivity index is 1.29. The molecule has 1 aromatic carbocycles. The highest BCUT2D eigenvalue weighted by molar-refractivity contribution is 5.91. The quantitative estimate of drug-likeness (QED) is 0.440. The molecule has 3 saturated carbocycles. The maximum Gasteiger partial charge on any atom is 0.221 e. The molecule has 0 bridgehead atoms. The van der Waals surface area contributed by atoms with E-state index in [1.54, 1.807) is 24.3 Å². The van der Waals surface area contributed by atoms with Gasteiger partial charge in [0.05, 0.1) is 12.2 Å². The zero-order valence-electron chi connectivity index (χ0n) is 24.7. The first-order valence-electron chi connectivity index (χ1n) is 15.2. The average molecular weight is 562 g/mol. The second-order valence-electron chi connectivity index (χ2n) is 13.2. The summed E-state index contributed by atoms with van der Waals surface area (Å²) in [6, 6.07) is 6.99. The third kappa shape index (κ3) is 4.34. The Labute approximate surface area is 243 Å². The molecule has 0 aromatic heterocycles. The minimum absolute atomic E-state index is 0.0701. The van der Waals surface area contributed by atoms with Crippen LogP contribution in [0.5, 0.6) is 5.75 Å². The van der Waals surface area contributed by atoms with E-state index in [1.165, 1.54) is 12.5 Å². The van der Waals surface area contributed by atoms with Gasteiger partial charge in [-0.15, -0.1) is 0 Å². The Kier molecular flexibility index (Phi) is 7.07. The van der Waals surface area contributed by atoms with Gasteiger partial charge in [-0.2, -0.15) is 0 Å². The van der Waals surface area contributed by atoms with Crippen molar-refractivity contribution in [2.45, 2.75) is 90.3 Å². The minimum atomic E-state index is -1.17. The topological polar surface area (TPSA) is 94.1 Å². The summed E-state index contributed by atoms with van der Waals surface area (Å²) in [6.07, 6.45) is 9.90. The molecule has 9 atom stereocenters. The second-order valence-corrected chi connectivity index (χ2v) is 13.2. The number of Topliss-reactive ketones (excluding diaryl/α,β-unsaturated/α-hetero) is 1. The smallest absolute Gasteiger partial charge is 0.221 e. The van der Waals surface area contributed by atoms with Crippen LogP contribution in [0.1, 0.15) is 66.2 Å². The maximum atomic E-state index is 14.3. The molecule has 0 radical (unpaired) electrons. The van der Waals surface area contributed by atoms with E-state index in [2.05, 4.69) is 50.9 Å². The molecule has 220 valence electrons. The summed E-state index contributed by atoms with van der Waals surface area (Å²) in [5.74, 6) is 0.763. The lowest BCUT2D eigenvalue weighted by Gasteiger charge is -2.59. The number of carbonyl (C=O) groups excluding carboxylic acids is 2. The van der Waals surface area contributed by atoms with Crippen LogP contribution >= 0.6 is 0 Å². The van der Waals surface area contributed by atoms with Crippen LogP contribution in [-0.2, 0) is 19.1 Å². The highest BCUT2D eigenvalue weighted by atomic mass is 16.7. The number of hydrogen-bond acceptors (Lipinski definition) is 6. The van der Waals surface area contributed by atoms with Crippen molar-refractivity contribution in [3.8, 4) is 5.75 Å². The van der Waals surface area contributed by atoms with E-state index in [4.69, 9.17) is 14.2 Å². The Morgan fingerprint density at radius 2 is 1.98 bits per heavy atom. The Morgan fingerprint density at radius 1 is 1.22 bits per heavy atom. The van der Waals surface area contributed by atoms with Gasteiger partial charge in [-0.25, -0.2) is 0 Å². The fourth-order valence-corrected chi connectivity index (χ4v) is 9.18. The van der Waals surface area contributed by atoms with Crippen molar-refractivity contribution in [3.05, 3.63) is 60.2 Å². The zero-order chi connectivity index (χ0) is 29.2. The van der Waals surface area contributed by atoms with Crippen molar-refractivity contribution in [1.82, 2.24) is 0 Å². The maximum absolute atomic E-state index is 14.3. The molecule has 4 fully saturated rings. The van der Waals surface area contributed by atoms with Gasteiger partial charge in [0.15, 0.2) is 11.9 Å². The molecule has 0 unspecified atom stereocenters. The first-order chi connectivity index (χ1) is 19.5. The van der Waals surface area contributed by atoms with Gasteiger partial charge in [-0.05, 0) is 73.8 Å². The van der Waals surface area contributed by atoms with Crippen molar-refractivity contribution in [2.24, 2.45) is 28.6 Å². The molecule has 6 rings (SSSR count). The van der Waals surface area contributed by atoms with Crippen LogP contribution in [0.4, 0.5) is 5.69 Å². The first-order valence-corrected chi connectivity index (χ1v) is 15.2. The van der Waals surface area contributed by atoms with Crippen molar-refractivity contribution in [3.63, 3.8) is 0 Å². The third-order valence-corrected chi connectivity index (χ3v) is 10.9. The number of benzene rings is 1. The number of hydrogen-bond donors (Lipinski definition) is 2. The molecule has 1 aliphatic heterocycles. The van der Waals surface area contributed by atoms with Crippen molar-refractivity contribution < 1.29 is 28.9 Å². The Morgan fingerprint density at radius 3 is 2.68 bits per heavy atom. The molecular formula is C34H43NO6. The van der Waals surface area contributed by atoms with Gasteiger partial charge in [0.25, 0.3) is 0 Å². The van der Waals surface area contributed by atoms with Gasteiger partial charge >= 0.3 is 0 Å². The van der Waals surface area contributed by atoms with Crippen molar-refractivity contribution in [1.29, 1.82) is 0 Å². The number of allylic oxidation sites excluding steroid dienone is 5. The van der Waals surface area contributed by atoms with Gasteiger partial charge in [0, 0.05) is 29.4 Å². The molecule has 4 aliphatic carbocycles. The molecule has 2 N–H and O–H groups in total. The molecule has 1 aromatic rings. The summed E-state index contributed by atoms with van der Waals surface area (Å²) in [7, 11) is 0. The number of fused-ring (bicyclic) bond motifs is 7. The molecule has 5 aliphatic rings. The van der Waals surface area contributed by atoms with E-state index in [0.717, 1.165) is 31.3 Å². The number of nitrogens with one attached hydrogen (secondary N) is 1. The number of ether oxygens (including phenoxy) is 3. The number of carbonyl (C=O) groups is 2. The second kappa shape index (κ2) is 10.2. The lowest BCUT2D eigenvalue weighted by molar-refractivity contribution is -0.200. The predicted octanol–water partition coefficient (Wildman–Crippen LogP) is 5.75. The largest absolute Gasteiger partial charge is 0.486 e. The minimum Gasteiger partial charge on any atom is -0.486 e. The van der Waals surface area contributed by atoms with Crippen molar-refractivity contribution in [2.75, 3.05) is 11.9 Å². The predicted molar refractivity (Wildman–Crippen MR) is 156 cm³/mol. The van der Waals surface area contributed by atoms with Gasteiger partial charge in [-0.3, -0.25) is 9.59 Å². The van der Waals surface area contributed by atoms with Crippen LogP contribution in [0.15, 0.2) is 60.2 Å². The molecule has 1 saturated heterocycles. The highest BCUT2D eigenvalue weighted by Gasteiger charge is 2.75. The standard InChI is InChI=1S/C34H43NO6/c1-6-7-30-40-29-17-26-25-13-8-22-16-20(2)14-15-32(22,4)31(25)27(37)18-33(26,5)34(29,41-30)28(38)19-39-24-11-9-23(10-12-24)35-21(3)36/h9-12,14-16,25-27,29-31,37H,2,6-8,13,17-19H2,1,3-5H3,(H,35,36)/t25-,26-,27-,29-,30+,31+,32-,33-,34+/m0/s1. The van der Waals surface area contributed by atoms with E-state index >= 15 is 0 Å². The summed E-state index contributed by atoms with van der Waals surface area (Å²) < 4.78 is 19.2. The van der Waals surface area contributed by atoms with Crippen LogP contribution in [0.25, 0.3) is 0 Å². The Bertz CT molecular complexity index is 1300. The lowest BCUT2D eigenvalue weighted by Crippen LogP contribution is -2.63. The number of anilines is 1. The summed E-state index contributed by atoms with van der Waals surface area (Å²) in [5.41, 5.74) is 1.05. The molecule has 41 heavy (non-hydrogen) atoms. The average Bonchev–Trinajstić information content (AvgIpc) is 3.40. The van der Waals surface area contributed by atoms with Crippen LogP contribution < -0.4 is 10.1 Å². The van der Waals surface area contributed by atoms with Crippen molar-refractivity contribution >= 4 is 17.4 Å². The first kappa shape index (κ1) is 28.4. The normalized spacial score (nSPS) is 40.6. The highest BCUT2D eigenvalue weighted by Crippen LogP contribution is 2.69. The van der Waals surface area contributed by atoms with Gasteiger partial charge < -0.3 is 24.6 Å². The van der Waals surface area contributed by atoms with Gasteiger partial charge in [0.1, 0.15) is 12.4 Å². The van der Waals surface area contributed by atoms with Crippen LogP contribution in [0.3, 0.4) is 0 Å². The number of amides is 1. The molecule has 7 heteroatoms. The van der Waals surface area contributed by atoms with E-state index in [-0.39, 0.29) is 47.6 Å². The molecule has 0 spiro atoms. The van der Waals surface area contributed by atoms with E-state index in [1.807, 2.05) is 0 Å². The van der Waals surface area contributed by atoms with E-state index in [9.17, 15) is 14.7 Å². The van der Waals surface area contributed by atoms with E-state index in [0.29, 0.717) is 24.3 Å². The number of rotatable bonds is 7. The fourth-order valence-electron chi connectivity index (χ4n) is 9.18. The number of ketones is 1. The monoisotopic (exact) mass is 561 g/mol. The van der Waals surface area contributed by atoms with Crippen LogP contribution in [0.2, 0.25) is 0 Å². The summed E-state index contributed by atoms with van der Waals surface area (Å²) in [4.78, 5) is 25.7. The summed E-state index contributed by atoms with van der Waals surface area (Å²) in [6.45, 7) is 11.9. The summed E-state index contributed by atoms with van der Waals surface area (Å²) >= 11 is 0. The SMILES string of the molecule is C=C1C=C[C@@]2(C)C(=C1)CC[C@@H]1[C@@H]2[C@@H](O)C[C@@]2(C)[C@H]1C[C@@H]1O[C@@H](CCC)O[C@]12C(=O)COc1ccc(NC(C)=O)cc1. The third-order valence-electron chi connectivity index (χ3n) is 10.9. The van der Waals surface area contributed by atoms with Crippen LogP contribution in [-0.4, -0.2) is 47.5 Å². The fraction of sp³-hybridized carbons (Fsp3) is 0.588. The zero-order valence-corrected chi connectivity index (χ0v) is 24.7. The lowest BCUT2D eigenvalue weighted by atomic mass is 9.46. The number of aliphatic hydroxyl groups is 1. The van der Waals surface area contributed by atoms with E-state index < -0.39 is 23.4 Å². The molecule has 7 nitrogen and oxygen atoms in total. The number of aliphatic hydroxyl groups excluding tert-OH is 1. The molecule has 1 heterocycles. The Hall–Kier alpha value is -2.74. The van der Waals surface area contributed by atoms with Gasteiger partial charge in [0.2, 0.25) is 11.7 Å². The summed E-state index contributed by atoms with van der Waals surface area (Å²) in [5, 5.41) is 14.7.